The number of hydrogen-bond donors (Lipinski definition) is 1. The number of hydrogen-bond acceptors (Lipinski definition) is 4. The van der Waals surface area contributed by atoms with Gasteiger partial charge in [0.15, 0.2) is 5.65 Å². The van der Waals surface area contributed by atoms with E-state index in [0.717, 1.165) is 46.1 Å². The minimum Gasteiger partial charge on any atom is -0.315 e. The third-order valence-corrected chi connectivity index (χ3v) is 4.32. The zero-order valence-electron chi connectivity index (χ0n) is 12.1. The van der Waals surface area contributed by atoms with Gasteiger partial charge in [-0.2, -0.15) is 5.10 Å². The van der Waals surface area contributed by atoms with E-state index in [1.54, 1.807) is 0 Å². The Labute approximate surface area is 130 Å². The molecule has 8 heteroatoms. The van der Waals surface area contributed by atoms with Gasteiger partial charge >= 0.3 is 4.87 Å². The Balaban J connectivity index is 2.20. The molecule has 0 aliphatic heterocycles. The van der Waals surface area contributed by atoms with Crippen LogP contribution in [0.15, 0.2) is 10.2 Å². The van der Waals surface area contributed by atoms with Gasteiger partial charge in [0.25, 0.3) is 0 Å². The molecule has 0 saturated heterocycles. The van der Waals surface area contributed by atoms with Gasteiger partial charge in [-0.15, -0.1) is 11.6 Å². The van der Waals surface area contributed by atoms with E-state index in [2.05, 4.69) is 22.0 Å². The van der Waals surface area contributed by atoms with Gasteiger partial charge in [-0.1, -0.05) is 18.3 Å². The molecule has 3 aromatic rings. The van der Waals surface area contributed by atoms with Crippen molar-refractivity contribution in [2.75, 3.05) is 0 Å². The first-order chi connectivity index (χ1) is 10.0. The van der Waals surface area contributed by atoms with Crippen molar-refractivity contribution in [2.24, 2.45) is 7.05 Å². The van der Waals surface area contributed by atoms with Crippen LogP contribution in [0, 0.1) is 0 Å². The van der Waals surface area contributed by atoms with Crippen LogP contribution in [0.3, 0.4) is 0 Å². The molecule has 3 aromatic heterocycles. The van der Waals surface area contributed by atoms with E-state index in [1.165, 1.54) is 0 Å². The lowest BCUT2D eigenvalue weighted by atomic mass is 10.3. The highest BCUT2D eigenvalue weighted by atomic mass is 35.5. The van der Waals surface area contributed by atoms with E-state index in [1.807, 2.05) is 28.6 Å². The van der Waals surface area contributed by atoms with Crippen molar-refractivity contribution in [3.8, 4) is 0 Å². The summed E-state index contributed by atoms with van der Waals surface area (Å²) < 4.78 is 3.85. The first-order valence-corrected chi connectivity index (χ1v) is 8.05. The Morgan fingerprint density at radius 3 is 2.86 bits per heavy atom. The number of halogens is 1. The molecule has 0 saturated carbocycles. The van der Waals surface area contributed by atoms with E-state index in [0.29, 0.717) is 6.54 Å². The van der Waals surface area contributed by atoms with E-state index in [9.17, 15) is 4.79 Å². The van der Waals surface area contributed by atoms with Crippen LogP contribution in [0.2, 0.25) is 0 Å². The molecule has 0 bridgehead atoms. The van der Waals surface area contributed by atoms with Crippen LogP contribution in [0.4, 0.5) is 0 Å². The molecular weight excluding hydrogens is 310 g/mol. The van der Waals surface area contributed by atoms with Gasteiger partial charge < -0.3 is 9.55 Å². The number of alkyl halides is 1. The van der Waals surface area contributed by atoms with Gasteiger partial charge in [-0.05, 0) is 13.3 Å². The third kappa shape index (κ3) is 2.40. The molecule has 0 radical (unpaired) electrons. The SMILES string of the molecule is CCc1nn(C)c2c1nc(C(C)Cl)n2Cc1csc(=O)[nH]1. The van der Waals surface area contributed by atoms with Crippen molar-refractivity contribution in [3.63, 3.8) is 0 Å². The fraction of sp³-hybridized carbons (Fsp3) is 0.462. The molecule has 3 rings (SSSR count). The van der Waals surface area contributed by atoms with Crippen molar-refractivity contribution in [1.82, 2.24) is 24.3 Å². The zero-order chi connectivity index (χ0) is 15.1. The van der Waals surface area contributed by atoms with Gasteiger partial charge in [-0.3, -0.25) is 9.48 Å². The summed E-state index contributed by atoms with van der Waals surface area (Å²) in [4.78, 5) is 18.8. The first kappa shape index (κ1) is 14.3. The number of fused-ring (bicyclic) bond motifs is 1. The molecule has 0 fully saturated rings. The lowest BCUT2D eigenvalue weighted by molar-refractivity contribution is 0.676. The molecule has 6 nitrogen and oxygen atoms in total. The first-order valence-electron chi connectivity index (χ1n) is 6.74. The fourth-order valence-electron chi connectivity index (χ4n) is 2.52. The maximum absolute atomic E-state index is 11.3. The normalized spacial score (nSPS) is 13.1. The molecule has 3 heterocycles. The number of thiazole rings is 1. The molecule has 1 N–H and O–H groups in total. The van der Waals surface area contributed by atoms with Crippen LogP contribution < -0.4 is 4.87 Å². The lowest BCUT2D eigenvalue weighted by Gasteiger charge is -2.09. The summed E-state index contributed by atoms with van der Waals surface area (Å²) in [6.07, 6.45) is 0.819. The molecular formula is C13H16ClN5OS. The Kier molecular flexibility index (Phi) is 3.62. The Hall–Kier alpha value is -1.60. The summed E-state index contributed by atoms with van der Waals surface area (Å²) in [6, 6.07) is 0. The number of rotatable bonds is 4. The molecule has 112 valence electrons. The summed E-state index contributed by atoms with van der Waals surface area (Å²) in [5, 5.41) is 6.11. The highest BCUT2D eigenvalue weighted by molar-refractivity contribution is 7.07. The molecule has 1 atom stereocenters. The van der Waals surface area contributed by atoms with Crippen LogP contribution in [0.1, 0.15) is 36.4 Å². The predicted molar refractivity (Wildman–Crippen MR) is 84.2 cm³/mol. The maximum atomic E-state index is 11.3. The molecule has 0 aromatic carbocycles. The van der Waals surface area contributed by atoms with Crippen LogP contribution in [0.25, 0.3) is 11.2 Å². The smallest absolute Gasteiger partial charge is 0.304 e. The van der Waals surface area contributed by atoms with Gasteiger partial charge in [0, 0.05) is 18.1 Å². The van der Waals surface area contributed by atoms with Crippen LogP contribution in [0.5, 0.6) is 0 Å². The summed E-state index contributed by atoms with van der Waals surface area (Å²) in [6.45, 7) is 4.49. The molecule has 0 aliphatic rings. The second-order valence-corrected chi connectivity index (χ2v) is 6.44. The topological polar surface area (TPSA) is 68.5 Å². The number of aryl methyl sites for hydroxylation is 2. The summed E-state index contributed by atoms with van der Waals surface area (Å²) in [5.41, 5.74) is 3.63. The van der Waals surface area contributed by atoms with Crippen LogP contribution in [-0.2, 0) is 20.0 Å². The standard InChI is InChI=1S/C13H16ClN5OS/c1-4-9-10-12(18(3)17-9)19(11(16-10)7(2)14)5-8-6-21-13(20)15-8/h6-7H,4-5H2,1-3H3,(H,15,20). The third-order valence-electron chi connectivity index (χ3n) is 3.41. The number of aromatic nitrogens is 5. The molecule has 1 unspecified atom stereocenters. The lowest BCUT2D eigenvalue weighted by Crippen LogP contribution is -2.10. The van der Waals surface area contributed by atoms with Gasteiger partial charge in [0.05, 0.1) is 17.6 Å². The van der Waals surface area contributed by atoms with Crippen molar-refractivity contribution in [3.05, 3.63) is 32.3 Å². The van der Waals surface area contributed by atoms with Gasteiger partial charge in [0.1, 0.15) is 11.3 Å². The minimum atomic E-state index is -0.215. The monoisotopic (exact) mass is 325 g/mol. The summed E-state index contributed by atoms with van der Waals surface area (Å²) >= 11 is 7.43. The van der Waals surface area contributed by atoms with Crippen molar-refractivity contribution in [2.45, 2.75) is 32.2 Å². The fourth-order valence-corrected chi connectivity index (χ4v) is 3.26. The quantitative estimate of drug-likeness (QED) is 0.749. The maximum Gasteiger partial charge on any atom is 0.304 e. The molecule has 0 spiro atoms. The number of nitrogens with zero attached hydrogens (tertiary/aromatic N) is 4. The van der Waals surface area contributed by atoms with Gasteiger partial charge in [0.2, 0.25) is 0 Å². The Morgan fingerprint density at radius 2 is 2.29 bits per heavy atom. The van der Waals surface area contributed by atoms with Crippen molar-refractivity contribution < 1.29 is 0 Å². The average molecular weight is 326 g/mol. The summed E-state index contributed by atoms with van der Waals surface area (Å²) in [5.74, 6) is 0.793. The van der Waals surface area contributed by atoms with Crippen LogP contribution >= 0.6 is 22.9 Å². The number of aromatic amines is 1. The van der Waals surface area contributed by atoms with E-state index in [4.69, 9.17) is 11.6 Å². The van der Waals surface area contributed by atoms with E-state index in [-0.39, 0.29) is 10.3 Å². The van der Waals surface area contributed by atoms with E-state index < -0.39 is 0 Å². The highest BCUT2D eigenvalue weighted by Gasteiger charge is 2.21. The van der Waals surface area contributed by atoms with E-state index >= 15 is 0 Å². The minimum absolute atomic E-state index is 0.0546. The zero-order valence-corrected chi connectivity index (χ0v) is 13.6. The Bertz CT molecular complexity index is 841. The Morgan fingerprint density at radius 1 is 1.52 bits per heavy atom. The van der Waals surface area contributed by atoms with Gasteiger partial charge in [-0.25, -0.2) is 4.98 Å². The number of imidazole rings is 1. The predicted octanol–water partition coefficient (Wildman–Crippen LogP) is 2.43. The summed E-state index contributed by atoms with van der Waals surface area (Å²) in [7, 11) is 1.90. The number of nitrogens with one attached hydrogen (secondary N) is 1. The van der Waals surface area contributed by atoms with Crippen molar-refractivity contribution in [1.29, 1.82) is 0 Å². The molecule has 0 amide bonds. The van der Waals surface area contributed by atoms with Crippen LogP contribution in [-0.4, -0.2) is 24.3 Å². The van der Waals surface area contributed by atoms with Crippen molar-refractivity contribution >= 4 is 34.1 Å². The average Bonchev–Trinajstić information content (AvgIpc) is 3.07. The largest absolute Gasteiger partial charge is 0.315 e. The molecule has 0 aliphatic carbocycles. The number of H-pyrrole nitrogens is 1. The second-order valence-electron chi connectivity index (χ2n) is 4.94. The highest BCUT2D eigenvalue weighted by Crippen LogP contribution is 2.27. The molecule has 21 heavy (non-hydrogen) atoms. The second kappa shape index (κ2) is 5.31.